The molecule has 0 fully saturated rings. The van der Waals surface area contributed by atoms with E-state index in [9.17, 15) is 8.78 Å². The van der Waals surface area contributed by atoms with Gasteiger partial charge in [0.1, 0.15) is 11.6 Å². The first-order valence-corrected chi connectivity index (χ1v) is 4.53. The molecule has 1 aromatic rings. The Morgan fingerprint density at radius 3 is 2.00 bits per heavy atom. The van der Waals surface area contributed by atoms with Gasteiger partial charge in [0.15, 0.2) is 0 Å². The Balaban J connectivity index is 3.02. The lowest BCUT2D eigenvalue weighted by Gasteiger charge is -2.18. The average Bonchev–Trinajstić information content (AvgIpc) is 1.96. The Bertz CT molecular complexity index is 317. The molecule has 14 heavy (non-hydrogen) atoms. The summed E-state index contributed by atoms with van der Waals surface area (Å²) in [5.74, 6) is -1.02. The number of nitrogens with two attached hydrogens (primary N) is 1. The predicted molar refractivity (Wildman–Crippen MR) is 53.1 cm³/mol. The molecule has 1 aromatic carbocycles. The van der Waals surface area contributed by atoms with Crippen molar-refractivity contribution in [3.63, 3.8) is 0 Å². The first-order valence-electron chi connectivity index (χ1n) is 4.53. The van der Waals surface area contributed by atoms with Gasteiger partial charge in [-0.15, -0.1) is 0 Å². The summed E-state index contributed by atoms with van der Waals surface area (Å²) in [4.78, 5) is 0. The van der Waals surface area contributed by atoms with Gasteiger partial charge in [0.25, 0.3) is 0 Å². The fourth-order valence-corrected chi connectivity index (χ4v) is 1.33. The summed E-state index contributed by atoms with van der Waals surface area (Å²) in [7, 11) is 0. The zero-order valence-electron chi connectivity index (χ0n) is 8.70. The second-order valence-electron chi connectivity index (χ2n) is 4.35. The molecule has 0 saturated carbocycles. The van der Waals surface area contributed by atoms with E-state index in [1.807, 2.05) is 13.8 Å². The van der Waals surface area contributed by atoms with E-state index in [1.54, 1.807) is 0 Å². The fraction of sp³-hybridized carbons (Fsp3) is 0.455. The highest BCUT2D eigenvalue weighted by molar-refractivity contribution is 5.26. The third-order valence-corrected chi connectivity index (χ3v) is 2.00. The summed E-state index contributed by atoms with van der Waals surface area (Å²) in [6, 6.07) is 2.68. The largest absolute Gasteiger partial charge is 0.325 e. The number of halogens is 2. The molecule has 0 spiro atoms. The molecule has 0 aliphatic rings. The average molecular weight is 199 g/mol. The molecular formula is C11H15F2N. The van der Waals surface area contributed by atoms with E-state index in [0.717, 1.165) is 0 Å². The highest BCUT2D eigenvalue weighted by Gasteiger charge is 2.14. The van der Waals surface area contributed by atoms with Crippen molar-refractivity contribution in [3.8, 4) is 0 Å². The summed E-state index contributed by atoms with van der Waals surface area (Å²) >= 11 is 0. The molecule has 0 amide bonds. The third kappa shape index (κ3) is 2.77. The van der Waals surface area contributed by atoms with Gasteiger partial charge >= 0.3 is 0 Å². The van der Waals surface area contributed by atoms with E-state index in [4.69, 9.17) is 5.73 Å². The monoisotopic (exact) mass is 199 g/mol. The van der Waals surface area contributed by atoms with Crippen LogP contribution in [0, 0.1) is 18.6 Å². The normalized spacial score (nSPS) is 11.9. The summed E-state index contributed by atoms with van der Waals surface area (Å²) in [5, 5.41) is 0. The summed E-state index contributed by atoms with van der Waals surface area (Å²) < 4.78 is 26.3. The number of hydrogen-bond donors (Lipinski definition) is 1. The van der Waals surface area contributed by atoms with Crippen molar-refractivity contribution in [2.45, 2.75) is 32.7 Å². The Kier molecular flexibility index (Phi) is 2.90. The lowest BCUT2D eigenvalue weighted by Crippen LogP contribution is -2.34. The predicted octanol–water partition coefficient (Wildman–Crippen LogP) is 2.55. The molecule has 0 heterocycles. The van der Waals surface area contributed by atoms with Crippen LogP contribution in [0.25, 0.3) is 0 Å². The molecule has 78 valence electrons. The zero-order chi connectivity index (χ0) is 10.9. The van der Waals surface area contributed by atoms with Crippen LogP contribution in [-0.2, 0) is 6.42 Å². The summed E-state index contributed by atoms with van der Waals surface area (Å²) in [5.41, 5.74) is 5.96. The molecule has 0 bridgehead atoms. The smallest absolute Gasteiger partial charge is 0.129 e. The fourth-order valence-electron chi connectivity index (χ4n) is 1.33. The van der Waals surface area contributed by atoms with E-state index >= 15 is 0 Å². The topological polar surface area (TPSA) is 26.0 Å². The van der Waals surface area contributed by atoms with Crippen LogP contribution in [0.4, 0.5) is 8.78 Å². The van der Waals surface area contributed by atoms with Gasteiger partial charge in [0.05, 0.1) is 0 Å². The van der Waals surface area contributed by atoms with Crippen molar-refractivity contribution in [1.29, 1.82) is 0 Å². The van der Waals surface area contributed by atoms with Crippen molar-refractivity contribution in [2.75, 3.05) is 0 Å². The van der Waals surface area contributed by atoms with Gasteiger partial charge in [-0.25, -0.2) is 8.78 Å². The van der Waals surface area contributed by atoms with Crippen molar-refractivity contribution in [1.82, 2.24) is 0 Å². The standard InChI is InChI=1S/C11H15F2N/c1-7-9(12)4-8(5-10(7)13)6-11(2,3)14/h4-5H,6,14H2,1-3H3. The van der Waals surface area contributed by atoms with Gasteiger partial charge in [0.2, 0.25) is 0 Å². The van der Waals surface area contributed by atoms with Crippen LogP contribution in [0.15, 0.2) is 12.1 Å². The molecule has 0 aliphatic heterocycles. The minimum Gasteiger partial charge on any atom is -0.325 e. The third-order valence-electron chi connectivity index (χ3n) is 2.00. The van der Waals surface area contributed by atoms with Crippen LogP contribution in [0.3, 0.4) is 0 Å². The molecule has 3 heteroatoms. The van der Waals surface area contributed by atoms with Gasteiger partial charge in [-0.3, -0.25) is 0 Å². The molecule has 0 radical (unpaired) electrons. The van der Waals surface area contributed by atoms with E-state index in [-0.39, 0.29) is 5.56 Å². The maximum atomic E-state index is 13.1. The van der Waals surface area contributed by atoms with E-state index in [1.165, 1.54) is 19.1 Å². The van der Waals surface area contributed by atoms with Crippen LogP contribution < -0.4 is 5.73 Å². The van der Waals surface area contributed by atoms with Gasteiger partial charge in [0, 0.05) is 11.1 Å². The Hall–Kier alpha value is -0.960. The molecular weight excluding hydrogens is 184 g/mol. The SMILES string of the molecule is Cc1c(F)cc(CC(C)(C)N)cc1F. The van der Waals surface area contributed by atoms with Crippen LogP contribution in [0.5, 0.6) is 0 Å². The summed E-state index contributed by atoms with van der Waals surface area (Å²) in [6.07, 6.45) is 0.459. The molecule has 0 unspecified atom stereocenters. The molecule has 0 aliphatic carbocycles. The quantitative estimate of drug-likeness (QED) is 0.778. The van der Waals surface area contributed by atoms with Crippen molar-refractivity contribution in [3.05, 3.63) is 34.9 Å². The maximum absolute atomic E-state index is 13.1. The molecule has 1 rings (SSSR count). The number of rotatable bonds is 2. The summed E-state index contributed by atoms with van der Waals surface area (Å²) in [6.45, 7) is 5.06. The maximum Gasteiger partial charge on any atom is 0.129 e. The minimum absolute atomic E-state index is 0.0589. The first kappa shape index (κ1) is 11.1. The Labute approximate surface area is 82.9 Å². The molecule has 1 nitrogen and oxygen atoms in total. The lowest BCUT2D eigenvalue weighted by molar-refractivity contribution is 0.507. The van der Waals surface area contributed by atoms with Gasteiger partial charge < -0.3 is 5.73 Å². The van der Waals surface area contributed by atoms with Crippen molar-refractivity contribution >= 4 is 0 Å². The Morgan fingerprint density at radius 2 is 1.64 bits per heavy atom. The highest BCUT2D eigenvalue weighted by Crippen LogP contribution is 2.17. The number of benzene rings is 1. The van der Waals surface area contributed by atoms with Gasteiger partial charge in [-0.2, -0.15) is 0 Å². The van der Waals surface area contributed by atoms with E-state index < -0.39 is 17.2 Å². The second-order valence-corrected chi connectivity index (χ2v) is 4.35. The molecule has 0 aromatic heterocycles. The van der Waals surface area contributed by atoms with Crippen LogP contribution in [0.2, 0.25) is 0 Å². The van der Waals surface area contributed by atoms with Crippen molar-refractivity contribution < 1.29 is 8.78 Å². The van der Waals surface area contributed by atoms with Gasteiger partial charge in [-0.05, 0) is 44.9 Å². The zero-order valence-corrected chi connectivity index (χ0v) is 8.70. The first-order chi connectivity index (χ1) is 6.29. The van der Waals surface area contributed by atoms with Crippen LogP contribution >= 0.6 is 0 Å². The minimum atomic E-state index is -0.510. The number of hydrogen-bond acceptors (Lipinski definition) is 1. The van der Waals surface area contributed by atoms with Crippen LogP contribution in [-0.4, -0.2) is 5.54 Å². The molecule has 0 saturated heterocycles. The molecule has 2 N–H and O–H groups in total. The second kappa shape index (κ2) is 3.65. The highest BCUT2D eigenvalue weighted by atomic mass is 19.1. The van der Waals surface area contributed by atoms with Gasteiger partial charge in [-0.1, -0.05) is 0 Å². The molecule has 0 atom stereocenters. The van der Waals surface area contributed by atoms with Crippen LogP contribution in [0.1, 0.15) is 25.0 Å². The Morgan fingerprint density at radius 1 is 1.21 bits per heavy atom. The van der Waals surface area contributed by atoms with Crippen molar-refractivity contribution in [2.24, 2.45) is 5.73 Å². The van der Waals surface area contributed by atoms with E-state index in [2.05, 4.69) is 0 Å². The van der Waals surface area contributed by atoms with E-state index in [0.29, 0.717) is 12.0 Å². The lowest BCUT2D eigenvalue weighted by atomic mass is 9.95.